The van der Waals surface area contributed by atoms with Gasteiger partial charge in [0.25, 0.3) is 17.4 Å². The molecule has 1 aliphatic carbocycles. The summed E-state index contributed by atoms with van der Waals surface area (Å²) >= 11 is 0.800. The number of aromatic amines is 2. The Hall–Kier alpha value is -13.9. The van der Waals surface area contributed by atoms with Crippen molar-refractivity contribution in [3.05, 3.63) is 153 Å². The minimum atomic E-state index is -2.58. The van der Waals surface area contributed by atoms with E-state index in [0.717, 1.165) is 45.6 Å². The quantitative estimate of drug-likeness (QED) is 0.00486. The summed E-state index contributed by atoms with van der Waals surface area (Å²) in [5, 5.41) is 96.7. The lowest BCUT2D eigenvalue weighted by atomic mass is 9.47. The molecule has 2 unspecified atom stereocenters. The number of benzene rings is 4. The number of ketones is 1. The molecule has 14 rings (SSSR count). The van der Waals surface area contributed by atoms with E-state index >= 15 is 9.59 Å². The predicted molar refractivity (Wildman–Crippen MR) is 505 cm³/mol. The molecule has 4 fully saturated rings. The molecule has 2 bridgehead atoms. The van der Waals surface area contributed by atoms with Gasteiger partial charge in [0.1, 0.15) is 35.4 Å². The number of carbonyl (C=O) groups is 13. The van der Waals surface area contributed by atoms with Gasteiger partial charge in [-0.05, 0) is 156 Å². The van der Waals surface area contributed by atoms with Crippen molar-refractivity contribution in [1.29, 1.82) is 0 Å². The van der Waals surface area contributed by atoms with Crippen molar-refractivity contribution >= 4 is 145 Å². The number of aliphatic carboxylic acids is 4. The van der Waals surface area contributed by atoms with Gasteiger partial charge < -0.3 is 104 Å². The second kappa shape index (κ2) is 42.0. The summed E-state index contributed by atoms with van der Waals surface area (Å²) in [5.41, 5.74) is 17.5. The molecular weight excluding hydrogens is 1810 g/mol. The number of carboxylic acids is 4. The minimum absolute atomic E-state index is 0.0323. The molecule has 7 amide bonds. The predicted octanol–water partition coefficient (Wildman–Crippen LogP) is 0.742. The van der Waals surface area contributed by atoms with Gasteiger partial charge in [-0.25, -0.2) is 29.9 Å². The number of guanidine groups is 1. The van der Waals surface area contributed by atoms with Crippen LogP contribution in [0.3, 0.4) is 0 Å². The zero-order chi connectivity index (χ0) is 99.9. The number of ether oxygens (including phenoxy) is 2. The number of thioether (sulfide) groups is 1. The first-order chi connectivity index (χ1) is 65.6. The molecule has 44 nitrogen and oxygen atoms in total. The van der Waals surface area contributed by atoms with E-state index in [1.807, 2.05) is 61.2 Å². The number of fused-ring (bicyclic) bond motifs is 7. The average molecular weight is 1930 g/mol. The molecule has 7 aromatic rings. The number of aliphatic hydroxyl groups is 3. The molecule has 3 saturated heterocycles. The fourth-order valence-electron chi connectivity index (χ4n) is 20.9. The number of carbonyl (C=O) groups excluding carboxylic acids is 9. The Morgan fingerprint density at radius 1 is 0.768 bits per heavy atom. The number of amides is 7. The van der Waals surface area contributed by atoms with Crippen LogP contribution in [0.5, 0.6) is 5.75 Å². The van der Waals surface area contributed by atoms with E-state index < -0.39 is 182 Å². The van der Waals surface area contributed by atoms with Crippen molar-refractivity contribution in [2.75, 3.05) is 94.2 Å². The van der Waals surface area contributed by atoms with Gasteiger partial charge in [0.15, 0.2) is 28.5 Å². The van der Waals surface area contributed by atoms with Crippen LogP contribution in [-0.4, -0.2) is 297 Å². The van der Waals surface area contributed by atoms with Crippen molar-refractivity contribution < 1.29 is 108 Å². The normalized spacial score (nSPS) is 24.5. The number of aromatic nitrogens is 5. The first-order valence-corrected chi connectivity index (χ1v) is 46.2. The summed E-state index contributed by atoms with van der Waals surface area (Å²) < 4.78 is 12.5. The van der Waals surface area contributed by atoms with Gasteiger partial charge in [-0.3, -0.25) is 77.3 Å². The number of nitrogens with two attached hydrogens (primary N) is 3. The molecule has 736 valence electrons. The number of nitrogens with zero attached hydrogens (tertiary/aromatic N) is 9. The van der Waals surface area contributed by atoms with Gasteiger partial charge in [-0.15, -0.1) is 11.8 Å². The second-order valence-corrected chi connectivity index (χ2v) is 37.1. The number of likely N-dealkylation sites (N-methyl/N-ethyl adjacent to an activating group) is 2. The van der Waals surface area contributed by atoms with Gasteiger partial charge in [-0.1, -0.05) is 56.3 Å². The van der Waals surface area contributed by atoms with Gasteiger partial charge in [0.05, 0.1) is 85.9 Å². The first-order valence-electron chi connectivity index (χ1n) is 45.2. The number of nitrogens with one attached hydrogen (secondary N) is 9. The van der Waals surface area contributed by atoms with E-state index in [4.69, 9.17) is 31.8 Å². The topological polar surface area (TPSA) is 669 Å². The number of esters is 1. The van der Waals surface area contributed by atoms with Crippen molar-refractivity contribution in [1.82, 2.24) is 66.7 Å². The van der Waals surface area contributed by atoms with E-state index in [-0.39, 0.29) is 91.1 Å². The zero-order valence-corrected chi connectivity index (χ0v) is 78.1. The maximum absolute atomic E-state index is 15.6. The number of hydrazone groups is 1. The van der Waals surface area contributed by atoms with Gasteiger partial charge in [0, 0.05) is 120 Å². The molecular formula is C93H115N21O23S. The number of hydrogen-bond donors (Lipinski definition) is 19. The molecule has 22 N–H and O–H groups in total. The third-order valence-corrected chi connectivity index (χ3v) is 28.8. The van der Waals surface area contributed by atoms with Crippen molar-refractivity contribution in [3.8, 4) is 5.75 Å². The maximum atomic E-state index is 15.6. The summed E-state index contributed by atoms with van der Waals surface area (Å²) in [7, 11) is 6.23. The summed E-state index contributed by atoms with van der Waals surface area (Å²) in [5.74, 6) is -12.6. The molecule has 1 spiro atoms. The first kappa shape index (κ1) is 102. The van der Waals surface area contributed by atoms with Crippen LogP contribution in [0.15, 0.2) is 118 Å². The van der Waals surface area contributed by atoms with Crippen LogP contribution in [0.2, 0.25) is 0 Å². The fraction of sp³-hybridized carbons (Fsp3) is 0.473. The standard InChI is InChI=1S/C69H89N13O15S.C24H26N8O8/c1-8-65(94)32-38-33-68(63(93)97-7,54-42(21-26-80(34-38)36-65)41-14-10-11-15-45(41)74-54)44-28-43-49(30-50(44)96-6)79(5)60-67(43)23-27-81-25-13-22-66(9-2,59(67)81)61(91)69(60,95)62(92)78-77-37(3)39-17-19-40(20-18-39)82-52(83)31-51(57(82)88)98-35-48(58(89)90)76-56(87)47(29-53(84)85)75-55(86)46(72-4)16-12-24-73-64(70)71;1-11(33)16(8-18(35)36)29-17(34)7-6-15(23(39)40)30-21(37)12-2-4-13(5-3-12)26-9-14-10-27-20-19(28-14)22(38)32-24(25)31-20/h10-11,13-15,17-20,22,28,30,38,46-48,51,59-61,72,74,91,94-95H,8-9,12,16,21,23-27,29,31-36H2,1-7H3,(H,75,86)(H,76,87)(H,78,92)(H,84,85)(H,89,90)(H4,70,71,73);2-5,10,15-16,26H,6-9H2,1H3,(H,29,34)(H,30,37)(H,35,36)(H,39,40)(H3,25,27,31,32,38)/b77-37+;/t38-,46+,47+,48+,51?,59+,60-,61-,65+,66-,67-,68+,69+;15-,16-/m10/s1. The molecule has 4 aromatic carbocycles. The Bertz CT molecular complexity index is 6070. The number of nitrogen functional groups attached to an aromatic ring is 1. The highest BCUT2D eigenvalue weighted by atomic mass is 32.2. The van der Waals surface area contributed by atoms with Gasteiger partial charge in [-0.2, -0.15) is 10.1 Å². The number of rotatable bonds is 37. The molecule has 6 aliphatic heterocycles. The minimum Gasteiger partial charge on any atom is -0.496 e. The van der Waals surface area contributed by atoms with E-state index in [1.165, 1.54) is 44.6 Å². The summed E-state index contributed by atoms with van der Waals surface area (Å²) in [6.45, 7) is 9.93. The van der Waals surface area contributed by atoms with E-state index in [9.17, 15) is 88.2 Å². The highest BCUT2D eigenvalue weighted by Gasteiger charge is 2.79. The lowest BCUT2D eigenvalue weighted by Gasteiger charge is -2.63. The SMILES string of the molecule is CC(=O)[C@H](CC(=O)O)NC(=O)CC[C@H](NC(=O)c1ccc(NCc2cnc3nc(N)[nH]c(=O)c3n2)cc1)C(=O)O.CC[C@]1(O)C[C@H]2CN(CCc3c([nH]c4ccccc34)[C@@](C(=O)OC)(c3cc4c(cc3OC)N(C)[C@H]3[C@@](O)(C(=O)N/N=C(\C)c5ccc(N6C(=O)CC(SC[C@H](NC(=O)[C@H](CC(=O)O)NC(=O)[C@H](CCCN=C(N)N)NC)C(=O)O)C6=O)cc5)[C@H](O)[C@]5(CC)C=CCN6CC[C@]43[C@@H]65)C2)C1. The molecule has 16 atom stereocenters. The van der Waals surface area contributed by atoms with Crippen LogP contribution >= 0.6 is 11.8 Å². The Labute approximate surface area is 794 Å². The van der Waals surface area contributed by atoms with Crippen molar-refractivity contribution in [2.24, 2.45) is 32.9 Å². The molecule has 9 heterocycles. The number of imide groups is 1. The second-order valence-electron chi connectivity index (χ2n) is 35.9. The third kappa shape index (κ3) is 20.4. The fourth-order valence-corrected chi connectivity index (χ4v) is 22.1. The summed E-state index contributed by atoms with van der Waals surface area (Å²) in [6.07, 6.45) is 4.31. The Kier molecular flexibility index (Phi) is 30.9. The van der Waals surface area contributed by atoms with Crippen LogP contribution in [0.1, 0.15) is 149 Å². The Morgan fingerprint density at radius 3 is 2.12 bits per heavy atom. The molecule has 138 heavy (non-hydrogen) atoms. The number of Topliss-reactive ketones (excluding diaryl/α,β-unsaturated/α-hetero) is 1. The Morgan fingerprint density at radius 2 is 1.46 bits per heavy atom. The number of para-hydroxylation sites is 1. The van der Waals surface area contributed by atoms with Crippen LogP contribution < -0.4 is 74.6 Å². The van der Waals surface area contributed by atoms with Crippen LogP contribution in [0.25, 0.3) is 22.1 Å². The number of carboxylic acid groups (broad SMARTS) is 4. The monoisotopic (exact) mass is 1930 g/mol. The summed E-state index contributed by atoms with van der Waals surface area (Å²) in [4.78, 5) is 210. The van der Waals surface area contributed by atoms with Crippen LogP contribution in [0, 0.1) is 11.3 Å². The van der Waals surface area contributed by atoms with Crippen molar-refractivity contribution in [2.45, 2.75) is 193 Å². The molecule has 0 radical (unpaired) electrons. The average Bonchev–Trinajstić information content (AvgIpc) is 1.47. The lowest BCUT2D eigenvalue weighted by Crippen LogP contribution is -2.81. The van der Waals surface area contributed by atoms with E-state index in [0.29, 0.717) is 111 Å². The number of anilines is 4. The third-order valence-electron chi connectivity index (χ3n) is 27.5. The van der Waals surface area contributed by atoms with Gasteiger partial charge in [0.2, 0.25) is 35.5 Å². The van der Waals surface area contributed by atoms with Gasteiger partial charge >= 0.3 is 29.8 Å². The zero-order valence-electron chi connectivity index (χ0n) is 77.3. The highest BCUT2D eigenvalue weighted by molar-refractivity contribution is 8.00. The molecule has 1 saturated carbocycles. The van der Waals surface area contributed by atoms with E-state index in [1.54, 1.807) is 45.3 Å². The van der Waals surface area contributed by atoms with Crippen LogP contribution in [-0.2, 0) is 86.1 Å². The Balaban J connectivity index is 0.000000335. The summed E-state index contributed by atoms with van der Waals surface area (Å²) in [6, 6.07) is 15.6. The number of hydrogen-bond acceptors (Lipinski definition) is 31. The van der Waals surface area contributed by atoms with E-state index in [2.05, 4.69) is 88.2 Å². The number of H-pyrrole nitrogens is 2. The number of methoxy groups -OCH3 is 2. The van der Waals surface area contributed by atoms with Crippen LogP contribution in [0.4, 0.5) is 23.0 Å². The molecule has 45 heteroatoms. The molecule has 7 aliphatic rings. The smallest absolute Gasteiger partial charge is 0.327 e. The largest absolute Gasteiger partial charge is 0.496 e. The number of piperidine rings is 1. The highest BCUT2D eigenvalue weighted by Crippen LogP contribution is 2.68. The lowest BCUT2D eigenvalue weighted by molar-refractivity contribution is -0.203. The number of aliphatic imine (C=N–C) groups is 1. The number of aliphatic hydroxyl groups excluding tert-OH is 1. The maximum Gasteiger partial charge on any atom is 0.327 e. The van der Waals surface area contributed by atoms with Crippen molar-refractivity contribution in [3.63, 3.8) is 0 Å². The molecule has 3 aromatic heterocycles.